The molecule has 0 saturated carbocycles. The normalized spacial score (nSPS) is 12.3. The highest BCUT2D eigenvalue weighted by Crippen LogP contribution is 2.35. The lowest BCUT2D eigenvalue weighted by Crippen LogP contribution is -2.28. The molecule has 2 amide bonds. The van der Waals surface area contributed by atoms with Crippen molar-refractivity contribution in [3.8, 4) is 5.75 Å². The SMILES string of the molecule is COc1ccc(CNC(=O)Cn2nc3c(c2NC(=O)c2ccc(C)c(C)c2)CSC3)cc1. The zero-order valence-electron chi connectivity index (χ0n) is 18.4. The molecule has 1 aliphatic rings. The quantitative estimate of drug-likeness (QED) is 0.572. The van der Waals surface area contributed by atoms with Gasteiger partial charge in [-0.15, -0.1) is 0 Å². The van der Waals surface area contributed by atoms with Gasteiger partial charge in [0.25, 0.3) is 5.91 Å². The average Bonchev–Trinajstić information content (AvgIpc) is 3.37. The lowest BCUT2D eigenvalue weighted by atomic mass is 10.1. The molecule has 0 atom stereocenters. The summed E-state index contributed by atoms with van der Waals surface area (Å²) in [7, 11) is 1.62. The van der Waals surface area contributed by atoms with E-state index in [-0.39, 0.29) is 18.4 Å². The van der Waals surface area contributed by atoms with Crippen LogP contribution in [0.2, 0.25) is 0 Å². The molecule has 0 radical (unpaired) electrons. The molecule has 0 aliphatic carbocycles. The Morgan fingerprint density at radius 2 is 1.88 bits per heavy atom. The minimum absolute atomic E-state index is 0.0381. The summed E-state index contributed by atoms with van der Waals surface area (Å²) in [5.41, 5.74) is 5.68. The zero-order valence-corrected chi connectivity index (χ0v) is 19.2. The van der Waals surface area contributed by atoms with Crippen LogP contribution in [0.4, 0.5) is 5.82 Å². The van der Waals surface area contributed by atoms with Gasteiger partial charge in [0.1, 0.15) is 18.1 Å². The van der Waals surface area contributed by atoms with Crippen LogP contribution in [0.5, 0.6) is 5.75 Å². The second-order valence-electron chi connectivity index (χ2n) is 7.80. The number of rotatable bonds is 7. The van der Waals surface area contributed by atoms with E-state index in [2.05, 4.69) is 15.7 Å². The molecule has 7 nitrogen and oxygen atoms in total. The number of aryl methyl sites for hydroxylation is 2. The van der Waals surface area contributed by atoms with Crippen molar-refractivity contribution < 1.29 is 14.3 Å². The van der Waals surface area contributed by atoms with Crippen molar-refractivity contribution >= 4 is 29.4 Å². The maximum Gasteiger partial charge on any atom is 0.256 e. The van der Waals surface area contributed by atoms with Crippen molar-refractivity contribution in [2.75, 3.05) is 12.4 Å². The third-order valence-corrected chi connectivity index (χ3v) is 6.53. The Hall–Kier alpha value is -3.26. The Labute approximate surface area is 191 Å². The van der Waals surface area contributed by atoms with E-state index in [4.69, 9.17) is 4.74 Å². The molecule has 2 N–H and O–H groups in total. The van der Waals surface area contributed by atoms with Gasteiger partial charge in [-0.05, 0) is 54.8 Å². The number of nitrogens with one attached hydrogen (secondary N) is 2. The Balaban J connectivity index is 1.46. The van der Waals surface area contributed by atoms with Crippen LogP contribution in [0.1, 0.15) is 38.3 Å². The van der Waals surface area contributed by atoms with Gasteiger partial charge in [0.15, 0.2) is 0 Å². The first-order chi connectivity index (χ1) is 15.4. The summed E-state index contributed by atoms with van der Waals surface area (Å²) in [5, 5.41) is 10.5. The number of fused-ring (bicyclic) bond motifs is 1. The van der Waals surface area contributed by atoms with Crippen molar-refractivity contribution in [3.63, 3.8) is 0 Å². The molecular weight excluding hydrogens is 424 g/mol. The van der Waals surface area contributed by atoms with Crippen molar-refractivity contribution in [2.24, 2.45) is 0 Å². The molecule has 0 unspecified atom stereocenters. The van der Waals surface area contributed by atoms with Crippen LogP contribution < -0.4 is 15.4 Å². The fraction of sp³-hybridized carbons (Fsp3) is 0.292. The van der Waals surface area contributed by atoms with Gasteiger partial charge in [0, 0.05) is 29.2 Å². The van der Waals surface area contributed by atoms with Crippen LogP contribution in [0.15, 0.2) is 42.5 Å². The zero-order chi connectivity index (χ0) is 22.7. The molecule has 2 heterocycles. The first-order valence-electron chi connectivity index (χ1n) is 10.4. The van der Waals surface area contributed by atoms with E-state index in [9.17, 15) is 9.59 Å². The first kappa shape index (κ1) is 22.0. The van der Waals surface area contributed by atoms with E-state index >= 15 is 0 Å². The Morgan fingerprint density at radius 3 is 2.59 bits per heavy atom. The van der Waals surface area contributed by atoms with E-state index < -0.39 is 0 Å². The number of benzene rings is 2. The van der Waals surface area contributed by atoms with Crippen molar-refractivity contribution in [2.45, 2.75) is 38.4 Å². The van der Waals surface area contributed by atoms with Crippen LogP contribution in [0.25, 0.3) is 0 Å². The van der Waals surface area contributed by atoms with Gasteiger partial charge in [-0.3, -0.25) is 9.59 Å². The Kier molecular flexibility index (Phi) is 6.50. The molecule has 0 bridgehead atoms. The predicted octanol–water partition coefficient (Wildman–Crippen LogP) is 3.82. The van der Waals surface area contributed by atoms with Gasteiger partial charge < -0.3 is 15.4 Å². The number of hydrogen-bond acceptors (Lipinski definition) is 5. The minimum atomic E-state index is -0.201. The second-order valence-corrected chi connectivity index (χ2v) is 8.79. The summed E-state index contributed by atoms with van der Waals surface area (Å²) in [6, 6.07) is 13.2. The molecule has 166 valence electrons. The number of anilines is 1. The Bertz CT molecular complexity index is 1150. The largest absolute Gasteiger partial charge is 0.497 e. The molecular formula is C24H26N4O3S. The van der Waals surface area contributed by atoms with Gasteiger partial charge in [-0.2, -0.15) is 16.9 Å². The van der Waals surface area contributed by atoms with Gasteiger partial charge in [0.05, 0.1) is 12.8 Å². The number of aromatic nitrogens is 2. The van der Waals surface area contributed by atoms with Crippen LogP contribution in [0, 0.1) is 13.8 Å². The monoisotopic (exact) mass is 450 g/mol. The smallest absolute Gasteiger partial charge is 0.256 e. The molecule has 8 heteroatoms. The maximum atomic E-state index is 12.9. The number of thioether (sulfide) groups is 1. The van der Waals surface area contributed by atoms with Crippen LogP contribution in [-0.2, 0) is 29.4 Å². The highest BCUT2D eigenvalue weighted by Gasteiger charge is 2.25. The predicted molar refractivity (Wildman–Crippen MR) is 126 cm³/mol. The van der Waals surface area contributed by atoms with E-state index in [1.54, 1.807) is 23.6 Å². The highest BCUT2D eigenvalue weighted by molar-refractivity contribution is 7.98. The standard InChI is InChI=1S/C24H26N4O3S/c1-15-4-7-18(10-16(15)2)24(30)26-23-20-13-32-14-21(20)27-28(23)12-22(29)25-11-17-5-8-19(31-3)9-6-17/h4-10H,11-14H2,1-3H3,(H,25,29)(H,26,30). The summed E-state index contributed by atoms with van der Waals surface area (Å²) in [4.78, 5) is 25.5. The number of hydrogen-bond donors (Lipinski definition) is 2. The lowest BCUT2D eigenvalue weighted by molar-refractivity contribution is -0.122. The van der Waals surface area contributed by atoms with Gasteiger partial charge in [-0.1, -0.05) is 18.2 Å². The molecule has 0 spiro atoms. The maximum absolute atomic E-state index is 12.9. The highest BCUT2D eigenvalue weighted by atomic mass is 32.2. The number of methoxy groups -OCH3 is 1. The van der Waals surface area contributed by atoms with Gasteiger partial charge in [0.2, 0.25) is 5.91 Å². The fourth-order valence-corrected chi connectivity index (χ4v) is 4.55. The third-order valence-electron chi connectivity index (χ3n) is 5.56. The number of nitrogens with zero attached hydrogens (tertiary/aromatic N) is 2. The Morgan fingerprint density at radius 1 is 1.09 bits per heavy atom. The molecule has 4 rings (SSSR count). The summed E-state index contributed by atoms with van der Waals surface area (Å²) < 4.78 is 6.76. The molecule has 0 saturated heterocycles. The minimum Gasteiger partial charge on any atom is -0.497 e. The van der Waals surface area contributed by atoms with E-state index in [0.717, 1.165) is 45.2 Å². The average molecular weight is 451 g/mol. The summed E-state index contributed by atoms with van der Waals surface area (Å²) in [6.45, 7) is 4.44. The number of amides is 2. The fourth-order valence-electron chi connectivity index (χ4n) is 3.52. The van der Waals surface area contributed by atoms with Crippen molar-refractivity contribution in [3.05, 3.63) is 76.0 Å². The second kappa shape index (κ2) is 9.48. The van der Waals surface area contributed by atoms with Gasteiger partial charge in [-0.25, -0.2) is 4.68 Å². The van der Waals surface area contributed by atoms with E-state index in [0.29, 0.717) is 17.9 Å². The third kappa shape index (κ3) is 4.80. The van der Waals surface area contributed by atoms with Crippen LogP contribution >= 0.6 is 11.8 Å². The summed E-state index contributed by atoms with van der Waals surface area (Å²) in [5.74, 6) is 2.55. The topological polar surface area (TPSA) is 85.2 Å². The van der Waals surface area contributed by atoms with Gasteiger partial charge >= 0.3 is 0 Å². The van der Waals surface area contributed by atoms with Crippen molar-refractivity contribution in [1.82, 2.24) is 15.1 Å². The molecule has 1 aliphatic heterocycles. The molecule has 1 aromatic heterocycles. The van der Waals surface area contributed by atoms with E-state index in [1.807, 2.05) is 56.3 Å². The molecule has 0 fully saturated rings. The molecule has 2 aromatic carbocycles. The summed E-state index contributed by atoms with van der Waals surface area (Å²) in [6.07, 6.45) is 0. The number of carbonyl (C=O) groups is 2. The number of ether oxygens (including phenoxy) is 1. The first-order valence-corrected chi connectivity index (χ1v) is 11.5. The lowest BCUT2D eigenvalue weighted by Gasteiger charge is -2.12. The molecule has 32 heavy (non-hydrogen) atoms. The number of carbonyl (C=O) groups excluding carboxylic acids is 2. The van der Waals surface area contributed by atoms with Crippen LogP contribution in [-0.4, -0.2) is 28.7 Å². The van der Waals surface area contributed by atoms with Crippen molar-refractivity contribution in [1.29, 1.82) is 0 Å². The van der Waals surface area contributed by atoms with Crippen LogP contribution in [0.3, 0.4) is 0 Å². The molecule has 3 aromatic rings. The van der Waals surface area contributed by atoms with E-state index in [1.165, 1.54) is 0 Å². The summed E-state index contributed by atoms with van der Waals surface area (Å²) >= 11 is 1.75.